The molecule has 30 heavy (non-hydrogen) atoms. The summed E-state index contributed by atoms with van der Waals surface area (Å²) in [6.07, 6.45) is 1.49. The molecule has 3 aromatic carbocycles. The summed E-state index contributed by atoms with van der Waals surface area (Å²) in [5.41, 5.74) is 2.60. The third-order valence-electron chi connectivity index (χ3n) is 4.31. The Balaban J connectivity index is 1.66. The SMILES string of the molecule is Cc1ccc(NC(=O)/C(C#N)=C\c2ccc(OCc3c(F)cccc3Cl)cc2)cc1. The molecule has 0 aliphatic carbocycles. The molecule has 150 valence electrons. The van der Waals surface area contributed by atoms with Gasteiger partial charge in [-0.1, -0.05) is 47.5 Å². The van der Waals surface area contributed by atoms with E-state index in [0.717, 1.165) is 5.56 Å². The number of benzene rings is 3. The lowest BCUT2D eigenvalue weighted by Gasteiger charge is -2.09. The number of amides is 1. The molecule has 6 heteroatoms. The highest BCUT2D eigenvalue weighted by Gasteiger charge is 2.10. The largest absolute Gasteiger partial charge is 0.489 e. The molecule has 0 aliphatic heterocycles. The number of anilines is 1. The lowest BCUT2D eigenvalue weighted by atomic mass is 10.1. The van der Waals surface area contributed by atoms with Crippen LogP contribution in [0.3, 0.4) is 0 Å². The van der Waals surface area contributed by atoms with Gasteiger partial charge in [0.2, 0.25) is 0 Å². The number of carbonyl (C=O) groups excluding carboxylic acids is 1. The fraction of sp³-hybridized carbons (Fsp3) is 0.0833. The third-order valence-corrected chi connectivity index (χ3v) is 4.66. The second kappa shape index (κ2) is 9.73. The van der Waals surface area contributed by atoms with Crippen molar-refractivity contribution in [2.75, 3.05) is 5.32 Å². The van der Waals surface area contributed by atoms with Crippen molar-refractivity contribution in [1.29, 1.82) is 5.26 Å². The quantitative estimate of drug-likeness (QED) is 0.398. The molecular weight excluding hydrogens is 403 g/mol. The molecule has 0 atom stereocenters. The van der Waals surface area contributed by atoms with E-state index in [-0.39, 0.29) is 17.7 Å². The van der Waals surface area contributed by atoms with Gasteiger partial charge in [0, 0.05) is 11.3 Å². The van der Waals surface area contributed by atoms with Gasteiger partial charge in [0.05, 0.1) is 5.02 Å². The zero-order valence-corrected chi connectivity index (χ0v) is 16.9. The fourth-order valence-electron chi connectivity index (χ4n) is 2.64. The molecule has 0 aliphatic rings. The first-order valence-electron chi connectivity index (χ1n) is 9.12. The van der Waals surface area contributed by atoms with E-state index in [1.165, 1.54) is 18.2 Å². The van der Waals surface area contributed by atoms with Crippen LogP contribution in [0.15, 0.2) is 72.3 Å². The van der Waals surface area contributed by atoms with Gasteiger partial charge in [0.1, 0.15) is 29.8 Å². The minimum Gasteiger partial charge on any atom is -0.489 e. The number of hydrogen-bond acceptors (Lipinski definition) is 3. The van der Waals surface area contributed by atoms with Crippen LogP contribution in [0, 0.1) is 24.1 Å². The van der Waals surface area contributed by atoms with E-state index in [1.807, 2.05) is 25.1 Å². The molecule has 3 rings (SSSR count). The van der Waals surface area contributed by atoms with E-state index in [4.69, 9.17) is 16.3 Å². The van der Waals surface area contributed by atoms with Gasteiger partial charge in [-0.05, 0) is 55.0 Å². The molecule has 0 bridgehead atoms. The number of hydrogen-bond donors (Lipinski definition) is 1. The zero-order chi connectivity index (χ0) is 21.5. The van der Waals surface area contributed by atoms with Crippen molar-refractivity contribution >= 4 is 29.3 Å². The Morgan fingerprint density at radius 1 is 1.13 bits per heavy atom. The number of carbonyl (C=O) groups is 1. The molecule has 1 N–H and O–H groups in total. The second-order valence-corrected chi connectivity index (χ2v) is 6.96. The van der Waals surface area contributed by atoms with Crippen molar-refractivity contribution in [2.24, 2.45) is 0 Å². The number of ether oxygens (including phenoxy) is 1. The number of rotatable bonds is 6. The summed E-state index contributed by atoms with van der Waals surface area (Å²) in [7, 11) is 0. The Bertz CT molecular complexity index is 1100. The molecular formula is C24H18ClFN2O2. The highest BCUT2D eigenvalue weighted by molar-refractivity contribution is 6.31. The molecule has 0 spiro atoms. The van der Waals surface area contributed by atoms with E-state index in [9.17, 15) is 14.4 Å². The van der Waals surface area contributed by atoms with Gasteiger partial charge >= 0.3 is 0 Å². The summed E-state index contributed by atoms with van der Waals surface area (Å²) in [5, 5.41) is 12.3. The average molecular weight is 421 g/mol. The molecule has 0 saturated carbocycles. The number of nitrogens with zero attached hydrogens (tertiary/aromatic N) is 1. The summed E-state index contributed by atoms with van der Waals surface area (Å²) in [6.45, 7) is 1.94. The van der Waals surface area contributed by atoms with Crippen LogP contribution < -0.4 is 10.1 Å². The molecule has 0 saturated heterocycles. The van der Waals surface area contributed by atoms with Crippen molar-refractivity contribution in [3.63, 3.8) is 0 Å². The van der Waals surface area contributed by atoms with Crippen molar-refractivity contribution in [3.8, 4) is 11.8 Å². The minimum atomic E-state index is -0.490. The molecule has 0 unspecified atom stereocenters. The predicted octanol–water partition coefficient (Wildman–Crippen LogP) is 5.91. The van der Waals surface area contributed by atoms with Crippen LogP contribution in [0.25, 0.3) is 6.08 Å². The van der Waals surface area contributed by atoms with Crippen LogP contribution >= 0.6 is 11.6 Å². The van der Waals surface area contributed by atoms with Crippen LogP contribution in [0.4, 0.5) is 10.1 Å². The number of halogens is 2. The Kier molecular flexibility index (Phi) is 6.84. The Morgan fingerprint density at radius 3 is 2.47 bits per heavy atom. The average Bonchev–Trinajstić information content (AvgIpc) is 2.74. The molecule has 0 heterocycles. The number of nitrogens with one attached hydrogen (secondary N) is 1. The summed E-state index contributed by atoms with van der Waals surface area (Å²) in [5.74, 6) is -0.412. The Labute approximate surface area is 179 Å². The van der Waals surface area contributed by atoms with E-state index >= 15 is 0 Å². The topological polar surface area (TPSA) is 62.1 Å². The lowest BCUT2D eigenvalue weighted by Crippen LogP contribution is -2.13. The standard InChI is InChI=1S/C24H18ClFN2O2/c1-16-5-9-19(10-6-16)28-24(29)18(14-27)13-17-7-11-20(12-8-17)30-15-21-22(25)3-2-4-23(21)26/h2-13H,15H2,1H3,(H,28,29)/b18-13-. The molecule has 0 aromatic heterocycles. The third kappa shape index (κ3) is 5.47. The highest BCUT2D eigenvalue weighted by Crippen LogP contribution is 2.22. The highest BCUT2D eigenvalue weighted by atomic mass is 35.5. The van der Waals surface area contributed by atoms with Crippen molar-refractivity contribution in [2.45, 2.75) is 13.5 Å². The predicted molar refractivity (Wildman–Crippen MR) is 116 cm³/mol. The van der Waals surface area contributed by atoms with Crippen LogP contribution in [0.1, 0.15) is 16.7 Å². The van der Waals surface area contributed by atoms with Crippen molar-refractivity contribution < 1.29 is 13.9 Å². The molecule has 1 amide bonds. The summed E-state index contributed by atoms with van der Waals surface area (Å²) >= 11 is 5.99. The van der Waals surface area contributed by atoms with Gasteiger partial charge in [-0.15, -0.1) is 0 Å². The smallest absolute Gasteiger partial charge is 0.266 e. The lowest BCUT2D eigenvalue weighted by molar-refractivity contribution is -0.112. The van der Waals surface area contributed by atoms with Gasteiger partial charge < -0.3 is 10.1 Å². The van der Waals surface area contributed by atoms with E-state index in [2.05, 4.69) is 5.32 Å². The zero-order valence-electron chi connectivity index (χ0n) is 16.2. The van der Waals surface area contributed by atoms with Crippen LogP contribution in [0.2, 0.25) is 5.02 Å². The fourth-order valence-corrected chi connectivity index (χ4v) is 2.85. The maximum absolute atomic E-state index is 13.8. The van der Waals surface area contributed by atoms with Crippen LogP contribution in [-0.4, -0.2) is 5.91 Å². The van der Waals surface area contributed by atoms with Crippen molar-refractivity contribution in [3.05, 3.63) is 99.8 Å². The van der Waals surface area contributed by atoms with Crippen LogP contribution in [-0.2, 0) is 11.4 Å². The number of nitriles is 1. The molecule has 4 nitrogen and oxygen atoms in total. The normalized spacial score (nSPS) is 10.9. The van der Waals surface area contributed by atoms with Gasteiger partial charge in [0.25, 0.3) is 5.91 Å². The number of aryl methyl sites for hydroxylation is 1. The molecule has 0 radical (unpaired) electrons. The van der Waals surface area contributed by atoms with Gasteiger partial charge in [0.15, 0.2) is 0 Å². The van der Waals surface area contributed by atoms with E-state index in [1.54, 1.807) is 42.5 Å². The molecule has 3 aromatic rings. The van der Waals surface area contributed by atoms with E-state index in [0.29, 0.717) is 22.0 Å². The minimum absolute atomic E-state index is 0.0108. The second-order valence-electron chi connectivity index (χ2n) is 6.55. The van der Waals surface area contributed by atoms with Gasteiger partial charge in [-0.25, -0.2) is 4.39 Å². The first kappa shape index (κ1) is 21.1. The monoisotopic (exact) mass is 420 g/mol. The van der Waals surface area contributed by atoms with Crippen molar-refractivity contribution in [1.82, 2.24) is 0 Å². The first-order valence-corrected chi connectivity index (χ1v) is 9.49. The van der Waals surface area contributed by atoms with Gasteiger partial charge in [-0.3, -0.25) is 4.79 Å². The molecule has 0 fully saturated rings. The summed E-state index contributed by atoms with van der Waals surface area (Å²) < 4.78 is 19.4. The Morgan fingerprint density at radius 2 is 1.83 bits per heavy atom. The van der Waals surface area contributed by atoms with E-state index < -0.39 is 11.7 Å². The maximum Gasteiger partial charge on any atom is 0.266 e. The van der Waals surface area contributed by atoms with Crippen LogP contribution in [0.5, 0.6) is 5.75 Å². The first-order chi connectivity index (χ1) is 14.5. The summed E-state index contributed by atoms with van der Waals surface area (Å²) in [4.78, 5) is 12.3. The van der Waals surface area contributed by atoms with Gasteiger partial charge in [-0.2, -0.15) is 5.26 Å². The Hall–Kier alpha value is -3.62. The maximum atomic E-state index is 13.8. The summed E-state index contributed by atoms with van der Waals surface area (Å²) in [6, 6.07) is 20.4.